The molecule has 1 saturated carbocycles. The highest BCUT2D eigenvalue weighted by atomic mass is 16.3. The number of nitrogen functional groups attached to an aromatic ring is 1. The van der Waals surface area contributed by atoms with Crippen LogP contribution >= 0.6 is 0 Å². The lowest BCUT2D eigenvalue weighted by Gasteiger charge is -2.42. The van der Waals surface area contributed by atoms with Gasteiger partial charge in [-0.3, -0.25) is 14.9 Å². The summed E-state index contributed by atoms with van der Waals surface area (Å²) in [5, 5.41) is 21.6. The lowest BCUT2D eigenvalue weighted by Crippen LogP contribution is -2.54. The van der Waals surface area contributed by atoms with Gasteiger partial charge in [-0.2, -0.15) is 0 Å². The summed E-state index contributed by atoms with van der Waals surface area (Å²) in [7, 11) is 0. The number of nitrogens with zero attached hydrogens (tertiary/aromatic N) is 8. The SMILES string of the molecule is Nc1nnc(-c2ccccc2O)cc1N1C[C@H]2CC[C@@H](C1)N2c1nccc(C2CCN([C@H]3CC[C@H](c4cccc5c4CCN5C4CCC(=O)NC4=O)CC3)CC2)n1. The zero-order valence-corrected chi connectivity index (χ0v) is 32.5. The Hall–Kier alpha value is -5.30. The molecule has 1 aliphatic carbocycles. The molecule has 4 aromatic rings. The van der Waals surface area contributed by atoms with Crippen molar-refractivity contribution < 1.29 is 14.7 Å². The van der Waals surface area contributed by atoms with Crippen LogP contribution in [0.4, 0.5) is 23.1 Å². The van der Waals surface area contributed by atoms with Gasteiger partial charge in [0.1, 0.15) is 11.8 Å². The minimum absolute atomic E-state index is 0.150. The summed E-state index contributed by atoms with van der Waals surface area (Å²) in [5.41, 5.74) is 13.8. The van der Waals surface area contributed by atoms with E-state index in [0.717, 1.165) is 76.5 Å². The van der Waals surface area contributed by atoms with Crippen molar-refractivity contribution >= 4 is 35.0 Å². The zero-order chi connectivity index (χ0) is 38.6. The van der Waals surface area contributed by atoms with E-state index in [9.17, 15) is 14.7 Å². The van der Waals surface area contributed by atoms with Gasteiger partial charge in [0.05, 0.1) is 11.4 Å². The van der Waals surface area contributed by atoms with Gasteiger partial charge in [-0.05, 0) is 125 Å². The molecule has 4 saturated heterocycles. The molecule has 0 spiro atoms. The van der Waals surface area contributed by atoms with E-state index >= 15 is 0 Å². The van der Waals surface area contributed by atoms with E-state index in [0.29, 0.717) is 47.8 Å². The van der Waals surface area contributed by atoms with Gasteiger partial charge in [-0.15, -0.1) is 10.2 Å². The molecule has 296 valence electrons. The average Bonchev–Trinajstić information content (AvgIpc) is 3.79. The summed E-state index contributed by atoms with van der Waals surface area (Å²) >= 11 is 0. The van der Waals surface area contributed by atoms with Gasteiger partial charge >= 0.3 is 0 Å². The van der Waals surface area contributed by atoms with Gasteiger partial charge in [0.15, 0.2) is 5.82 Å². The molecule has 13 heteroatoms. The van der Waals surface area contributed by atoms with Gasteiger partial charge in [0.25, 0.3) is 0 Å². The van der Waals surface area contributed by atoms with Crippen LogP contribution in [0.25, 0.3) is 11.3 Å². The van der Waals surface area contributed by atoms with Crippen LogP contribution in [0.15, 0.2) is 60.8 Å². The number of phenolic OH excluding ortho intramolecular Hbond substituents is 1. The topological polar surface area (TPSA) is 157 Å². The number of nitrogens with one attached hydrogen (secondary N) is 1. The minimum Gasteiger partial charge on any atom is -0.507 e. The van der Waals surface area contributed by atoms with E-state index in [2.05, 4.69) is 59.4 Å². The molecule has 3 atom stereocenters. The molecule has 0 radical (unpaired) electrons. The fourth-order valence-corrected chi connectivity index (χ4v) is 11.1. The molecule has 5 aliphatic heterocycles. The monoisotopic (exact) mass is 768 g/mol. The Morgan fingerprint density at radius 3 is 2.30 bits per heavy atom. The van der Waals surface area contributed by atoms with Crippen molar-refractivity contribution in [1.29, 1.82) is 0 Å². The number of imide groups is 1. The maximum atomic E-state index is 12.7. The van der Waals surface area contributed by atoms with Gasteiger partial charge in [0, 0.05) is 73.2 Å². The maximum Gasteiger partial charge on any atom is 0.249 e. The van der Waals surface area contributed by atoms with Crippen LogP contribution in [0, 0.1) is 0 Å². The third-order valence-corrected chi connectivity index (χ3v) is 14.0. The number of aromatic nitrogens is 4. The zero-order valence-electron chi connectivity index (χ0n) is 32.5. The van der Waals surface area contributed by atoms with Gasteiger partial charge < -0.3 is 30.4 Å². The number of likely N-dealkylation sites (tertiary alicyclic amines) is 1. The molecule has 1 unspecified atom stereocenters. The Bertz CT molecular complexity index is 2150. The smallest absolute Gasteiger partial charge is 0.249 e. The lowest BCUT2D eigenvalue weighted by atomic mass is 9.78. The number of carbonyl (C=O) groups excluding carboxylic acids is 2. The number of amides is 2. The van der Waals surface area contributed by atoms with Crippen LogP contribution in [-0.4, -0.2) is 98.9 Å². The number of phenols is 1. The van der Waals surface area contributed by atoms with Crippen molar-refractivity contribution in [1.82, 2.24) is 30.4 Å². The Balaban J connectivity index is 0.749. The first-order valence-electron chi connectivity index (χ1n) is 21.1. The van der Waals surface area contributed by atoms with Crippen LogP contribution < -0.4 is 25.8 Å². The second kappa shape index (κ2) is 14.9. The van der Waals surface area contributed by atoms with E-state index in [-0.39, 0.29) is 35.7 Å². The van der Waals surface area contributed by atoms with Crippen LogP contribution in [0.3, 0.4) is 0 Å². The van der Waals surface area contributed by atoms with Crippen molar-refractivity contribution in [2.75, 3.05) is 53.2 Å². The first-order chi connectivity index (χ1) is 27.9. The molecule has 13 nitrogen and oxygen atoms in total. The number of aromatic hydroxyl groups is 1. The van der Waals surface area contributed by atoms with Crippen molar-refractivity contribution in [3.05, 3.63) is 77.6 Å². The fraction of sp³-hybridized carbons (Fsp3) is 0.500. The minimum atomic E-state index is -0.248. The summed E-state index contributed by atoms with van der Waals surface area (Å²) < 4.78 is 0. The van der Waals surface area contributed by atoms with Crippen LogP contribution in [0.5, 0.6) is 5.75 Å². The summed E-state index contributed by atoms with van der Waals surface area (Å²) in [6.45, 7) is 4.66. The van der Waals surface area contributed by atoms with E-state index in [1.165, 1.54) is 48.2 Å². The molecule has 2 bridgehead atoms. The van der Waals surface area contributed by atoms with Crippen molar-refractivity contribution in [2.24, 2.45) is 0 Å². The first-order valence-corrected chi connectivity index (χ1v) is 21.1. The molecule has 2 aromatic heterocycles. The van der Waals surface area contributed by atoms with Crippen molar-refractivity contribution in [2.45, 2.75) is 107 Å². The highest BCUT2D eigenvalue weighted by Crippen LogP contribution is 2.43. The predicted octanol–water partition coefficient (Wildman–Crippen LogP) is 5.15. The number of piperazine rings is 1. The molecule has 5 fully saturated rings. The molecular weight excluding hydrogens is 717 g/mol. The van der Waals surface area contributed by atoms with Crippen molar-refractivity contribution in [3.63, 3.8) is 0 Å². The normalized spacial score (nSPS) is 26.8. The highest BCUT2D eigenvalue weighted by Gasteiger charge is 2.43. The molecule has 6 aliphatic rings. The summed E-state index contributed by atoms with van der Waals surface area (Å²) in [5.74, 6) is 2.12. The second-order valence-corrected chi connectivity index (χ2v) is 17.1. The molecule has 2 amide bonds. The number of nitrogens with two attached hydrogens (primary N) is 1. The van der Waals surface area contributed by atoms with E-state index in [4.69, 9.17) is 15.7 Å². The number of fused-ring (bicyclic) bond motifs is 3. The number of carbonyl (C=O) groups is 2. The summed E-state index contributed by atoms with van der Waals surface area (Å²) in [6, 6.07) is 18.9. The standard InChI is InChI=1S/C44H52N10O3/c45-42-39(24-36(49-50-42)34-4-1-2-7-40(34)55)52-25-30-12-13-31(26-52)54(30)44-46-20-16-35(47-44)28-17-21-51(22-18-28)29-10-8-27(9-11-29)32-5-3-6-37-33(32)19-23-53(37)38-14-15-41(56)48-43(38)57/h1-7,16,20,24,27-31,38,55H,8-15,17-19,21-23,25-26H2,(H2,45,50)(H,48,56,57)/t27-,29-,30-,31+,38?. The molecule has 7 heterocycles. The third-order valence-electron chi connectivity index (χ3n) is 14.0. The van der Waals surface area contributed by atoms with E-state index < -0.39 is 0 Å². The average molecular weight is 769 g/mol. The van der Waals surface area contributed by atoms with E-state index in [1.807, 2.05) is 24.4 Å². The third kappa shape index (κ3) is 6.73. The molecular formula is C44H52N10O3. The largest absolute Gasteiger partial charge is 0.507 e. The Kier molecular flexibility index (Phi) is 9.42. The number of hydrogen-bond acceptors (Lipinski definition) is 12. The molecule has 57 heavy (non-hydrogen) atoms. The van der Waals surface area contributed by atoms with Crippen molar-refractivity contribution in [3.8, 4) is 17.0 Å². The highest BCUT2D eigenvalue weighted by molar-refractivity contribution is 6.02. The molecule has 2 aromatic carbocycles. The summed E-state index contributed by atoms with van der Waals surface area (Å²) in [4.78, 5) is 44.3. The van der Waals surface area contributed by atoms with Crippen LogP contribution in [0.1, 0.15) is 92.9 Å². The van der Waals surface area contributed by atoms with Gasteiger partial charge in [-0.1, -0.05) is 24.3 Å². The number of rotatable bonds is 7. The molecule has 4 N–H and O–H groups in total. The van der Waals surface area contributed by atoms with Crippen LogP contribution in [0.2, 0.25) is 0 Å². The van der Waals surface area contributed by atoms with Gasteiger partial charge in [0.2, 0.25) is 17.8 Å². The first kappa shape index (κ1) is 36.1. The Morgan fingerprint density at radius 1 is 0.754 bits per heavy atom. The van der Waals surface area contributed by atoms with Crippen LogP contribution in [-0.2, 0) is 16.0 Å². The Morgan fingerprint density at radius 2 is 1.53 bits per heavy atom. The lowest BCUT2D eigenvalue weighted by molar-refractivity contribution is -0.134. The number of benzene rings is 2. The Labute approximate surface area is 333 Å². The number of piperidine rings is 2. The number of para-hydroxylation sites is 1. The fourth-order valence-electron chi connectivity index (χ4n) is 11.1. The second-order valence-electron chi connectivity index (χ2n) is 17.1. The summed E-state index contributed by atoms with van der Waals surface area (Å²) in [6.07, 6.45) is 13.2. The predicted molar refractivity (Wildman–Crippen MR) is 219 cm³/mol. The van der Waals surface area contributed by atoms with Gasteiger partial charge in [-0.25, -0.2) is 9.97 Å². The van der Waals surface area contributed by atoms with E-state index in [1.54, 1.807) is 12.1 Å². The number of hydrogen-bond donors (Lipinski definition) is 3. The molecule has 10 rings (SSSR count). The quantitative estimate of drug-likeness (QED) is 0.213. The number of anilines is 4. The maximum absolute atomic E-state index is 12.7.